The first kappa shape index (κ1) is 43.4. The number of aliphatic hydroxyl groups is 1. The van der Waals surface area contributed by atoms with E-state index in [9.17, 15) is 19.5 Å². The van der Waals surface area contributed by atoms with E-state index in [4.69, 9.17) is 14.2 Å². The molecule has 0 aliphatic carbocycles. The number of carbonyl (C=O) groups excluding carboxylic acids is 3. The van der Waals surface area contributed by atoms with Gasteiger partial charge in [0.15, 0.2) is 0 Å². The molecule has 0 heterocycles. The van der Waals surface area contributed by atoms with Gasteiger partial charge in [-0.15, -0.1) is 0 Å². The van der Waals surface area contributed by atoms with Crippen LogP contribution in [0.4, 0.5) is 0 Å². The molecule has 1 N–H and O–H groups in total. The Morgan fingerprint density at radius 3 is 0.844 bits per heavy atom. The summed E-state index contributed by atoms with van der Waals surface area (Å²) in [5, 5.41) is 10.3. The summed E-state index contributed by atoms with van der Waals surface area (Å²) < 4.78 is 16.6. The molecule has 0 fully saturated rings. The van der Waals surface area contributed by atoms with Crippen molar-refractivity contribution >= 4 is 17.9 Å². The van der Waals surface area contributed by atoms with Crippen molar-refractivity contribution in [3.05, 3.63) is 0 Å². The number of unbranched alkanes of at least 4 members (excludes halogenated alkanes) is 21. The minimum Gasteiger partial charge on any atom is -0.465 e. The summed E-state index contributed by atoms with van der Waals surface area (Å²) in [7, 11) is 0. The molecule has 0 bridgehead atoms. The fourth-order valence-electron chi connectivity index (χ4n) is 5.39. The molecule has 0 saturated heterocycles. The second kappa shape index (κ2) is 32.3. The van der Waals surface area contributed by atoms with Crippen molar-refractivity contribution in [1.29, 1.82) is 0 Å². The van der Waals surface area contributed by atoms with E-state index in [2.05, 4.69) is 20.8 Å². The molecule has 266 valence electrons. The Hall–Kier alpha value is -1.63. The van der Waals surface area contributed by atoms with Crippen LogP contribution in [-0.2, 0) is 28.6 Å². The van der Waals surface area contributed by atoms with Crippen molar-refractivity contribution in [3.8, 4) is 0 Å². The van der Waals surface area contributed by atoms with E-state index in [1.807, 2.05) is 0 Å². The van der Waals surface area contributed by atoms with Crippen LogP contribution in [0, 0.1) is 5.41 Å². The molecule has 0 radical (unpaired) electrons. The first-order valence-electron chi connectivity index (χ1n) is 19.0. The number of esters is 3. The van der Waals surface area contributed by atoms with Crippen LogP contribution in [0.15, 0.2) is 0 Å². The van der Waals surface area contributed by atoms with Gasteiger partial charge in [0.2, 0.25) is 0 Å². The highest BCUT2D eigenvalue weighted by atomic mass is 16.6. The van der Waals surface area contributed by atoms with E-state index < -0.39 is 12.0 Å². The van der Waals surface area contributed by atoms with Crippen LogP contribution >= 0.6 is 0 Å². The van der Waals surface area contributed by atoms with Crippen LogP contribution in [0.5, 0.6) is 0 Å². The molecule has 0 aliphatic heterocycles. The summed E-state index contributed by atoms with van der Waals surface area (Å²) in [6.07, 6.45) is 28.2. The summed E-state index contributed by atoms with van der Waals surface area (Å²) in [4.78, 5) is 37.5. The quantitative estimate of drug-likeness (QED) is 0.0424. The predicted octanol–water partition coefficient (Wildman–Crippen LogP) is 10.2. The lowest BCUT2D eigenvalue weighted by molar-refractivity contribution is -0.165. The highest BCUT2D eigenvalue weighted by Crippen LogP contribution is 2.22. The first-order chi connectivity index (χ1) is 21.9. The molecule has 0 aromatic carbocycles. The molecular formula is C38H72O7. The van der Waals surface area contributed by atoms with E-state index in [0.29, 0.717) is 19.3 Å². The highest BCUT2D eigenvalue weighted by Gasteiger charge is 2.35. The summed E-state index contributed by atoms with van der Waals surface area (Å²) in [6, 6.07) is 0. The minimum atomic E-state index is -1.17. The van der Waals surface area contributed by atoms with Crippen molar-refractivity contribution in [2.24, 2.45) is 5.41 Å². The first-order valence-corrected chi connectivity index (χ1v) is 19.0. The van der Waals surface area contributed by atoms with E-state index in [0.717, 1.165) is 57.8 Å². The number of hydrogen-bond acceptors (Lipinski definition) is 7. The SMILES string of the molecule is CCCCCCCCCCC(=O)OCC(CO)(COC(=O)CCCCCCCCCC)COC(=O)CCCCCCCCCC. The van der Waals surface area contributed by atoms with Gasteiger partial charge in [0.05, 0.1) is 12.0 Å². The number of rotatable bonds is 34. The molecule has 0 spiro atoms. The van der Waals surface area contributed by atoms with Gasteiger partial charge in [-0.1, -0.05) is 156 Å². The molecule has 0 atom stereocenters. The van der Waals surface area contributed by atoms with E-state index in [1.165, 1.54) is 96.3 Å². The Kier molecular flexibility index (Phi) is 31.1. The lowest BCUT2D eigenvalue weighted by atomic mass is 9.92. The second-order valence-electron chi connectivity index (χ2n) is 13.3. The predicted molar refractivity (Wildman–Crippen MR) is 184 cm³/mol. The molecule has 0 rings (SSSR count). The smallest absolute Gasteiger partial charge is 0.305 e. The second-order valence-corrected chi connectivity index (χ2v) is 13.3. The summed E-state index contributed by atoms with van der Waals surface area (Å²) in [5.41, 5.74) is -1.17. The van der Waals surface area contributed by atoms with Crippen LogP contribution < -0.4 is 0 Å². The zero-order valence-corrected chi connectivity index (χ0v) is 29.8. The van der Waals surface area contributed by atoms with Crippen LogP contribution in [-0.4, -0.2) is 49.4 Å². The van der Waals surface area contributed by atoms with E-state index in [-0.39, 0.29) is 37.7 Å². The van der Waals surface area contributed by atoms with Gasteiger partial charge in [-0.3, -0.25) is 14.4 Å². The van der Waals surface area contributed by atoms with Gasteiger partial charge in [0.1, 0.15) is 19.8 Å². The maximum Gasteiger partial charge on any atom is 0.305 e. The molecule has 0 saturated carbocycles. The molecule has 7 nitrogen and oxygen atoms in total. The van der Waals surface area contributed by atoms with Crippen molar-refractivity contribution in [2.75, 3.05) is 26.4 Å². The van der Waals surface area contributed by atoms with Gasteiger partial charge in [-0.2, -0.15) is 0 Å². The topological polar surface area (TPSA) is 99.1 Å². The molecule has 0 unspecified atom stereocenters. The van der Waals surface area contributed by atoms with Crippen molar-refractivity contribution in [3.63, 3.8) is 0 Å². The van der Waals surface area contributed by atoms with Crippen LogP contribution in [0.1, 0.15) is 194 Å². The van der Waals surface area contributed by atoms with Crippen LogP contribution in [0.3, 0.4) is 0 Å². The number of aliphatic hydroxyl groups excluding tert-OH is 1. The third kappa shape index (κ3) is 28.3. The Labute approximate surface area is 277 Å². The van der Waals surface area contributed by atoms with Gasteiger partial charge in [0, 0.05) is 19.3 Å². The highest BCUT2D eigenvalue weighted by molar-refractivity contribution is 5.70. The van der Waals surface area contributed by atoms with E-state index in [1.54, 1.807) is 0 Å². The summed E-state index contributed by atoms with van der Waals surface area (Å²) >= 11 is 0. The average molecular weight is 641 g/mol. The van der Waals surface area contributed by atoms with Gasteiger partial charge in [-0.05, 0) is 19.3 Å². The van der Waals surface area contributed by atoms with Gasteiger partial charge < -0.3 is 19.3 Å². The Bertz CT molecular complexity index is 605. The summed E-state index contributed by atoms with van der Waals surface area (Å²) in [6.45, 7) is 5.73. The average Bonchev–Trinajstić information content (AvgIpc) is 3.04. The summed E-state index contributed by atoms with van der Waals surface area (Å²) in [5.74, 6) is -1.02. The maximum atomic E-state index is 12.5. The maximum absolute atomic E-state index is 12.5. The Balaban J connectivity index is 4.67. The van der Waals surface area contributed by atoms with Gasteiger partial charge in [0.25, 0.3) is 0 Å². The largest absolute Gasteiger partial charge is 0.465 e. The van der Waals surface area contributed by atoms with Crippen LogP contribution in [0.2, 0.25) is 0 Å². The molecule has 45 heavy (non-hydrogen) atoms. The fourth-order valence-corrected chi connectivity index (χ4v) is 5.39. The third-order valence-electron chi connectivity index (χ3n) is 8.66. The molecule has 7 heteroatoms. The Morgan fingerprint density at radius 1 is 0.400 bits per heavy atom. The number of carbonyl (C=O) groups is 3. The Morgan fingerprint density at radius 2 is 0.622 bits per heavy atom. The zero-order valence-electron chi connectivity index (χ0n) is 29.8. The van der Waals surface area contributed by atoms with Crippen molar-refractivity contribution in [2.45, 2.75) is 194 Å². The number of hydrogen-bond donors (Lipinski definition) is 1. The van der Waals surface area contributed by atoms with Crippen LogP contribution in [0.25, 0.3) is 0 Å². The molecule has 0 amide bonds. The normalized spacial score (nSPS) is 11.5. The van der Waals surface area contributed by atoms with Crippen molar-refractivity contribution < 1.29 is 33.7 Å². The molecular weight excluding hydrogens is 568 g/mol. The molecule has 0 aromatic rings. The van der Waals surface area contributed by atoms with Gasteiger partial charge in [-0.25, -0.2) is 0 Å². The molecule has 0 aliphatic rings. The van der Waals surface area contributed by atoms with E-state index >= 15 is 0 Å². The standard InChI is InChI=1S/C38H72O7/c1-4-7-10-13-16-19-22-25-28-35(40)43-32-38(31-39,33-44-36(41)29-26-23-20-17-14-11-8-5-2)34-45-37(42)30-27-24-21-18-15-12-9-6-3/h39H,4-34H2,1-3H3. The third-order valence-corrected chi connectivity index (χ3v) is 8.66. The fraction of sp³-hybridized carbons (Fsp3) is 0.921. The zero-order chi connectivity index (χ0) is 33.3. The lowest BCUT2D eigenvalue weighted by Crippen LogP contribution is -2.42. The number of ether oxygens (including phenoxy) is 3. The minimum absolute atomic E-state index is 0.157. The molecule has 0 aromatic heterocycles. The van der Waals surface area contributed by atoms with Crippen molar-refractivity contribution in [1.82, 2.24) is 0 Å². The lowest BCUT2D eigenvalue weighted by Gasteiger charge is -2.30. The monoisotopic (exact) mass is 641 g/mol. The van der Waals surface area contributed by atoms with Gasteiger partial charge >= 0.3 is 17.9 Å².